The number of halogens is 3. The van der Waals surface area contributed by atoms with Gasteiger partial charge in [-0.05, 0) is 24.3 Å². The van der Waals surface area contributed by atoms with E-state index in [2.05, 4.69) is 10.4 Å². The molecule has 2 heterocycles. The number of pyridine rings is 1. The number of aryl methyl sites for hydroxylation is 2. The molecule has 0 aliphatic carbocycles. The highest BCUT2D eigenvalue weighted by molar-refractivity contribution is 5.97. The third-order valence-electron chi connectivity index (χ3n) is 4.55. The van der Waals surface area contributed by atoms with Crippen LogP contribution in [0.25, 0.3) is 22.0 Å². The van der Waals surface area contributed by atoms with Crippen molar-refractivity contribution in [1.29, 1.82) is 0 Å². The van der Waals surface area contributed by atoms with Crippen LogP contribution in [0.15, 0.2) is 47.5 Å². The molecule has 0 spiro atoms. The number of anilines is 3. The quantitative estimate of drug-likeness (QED) is 0.515. The van der Waals surface area contributed by atoms with Crippen molar-refractivity contribution in [3.05, 3.63) is 70.5 Å². The van der Waals surface area contributed by atoms with E-state index in [-0.39, 0.29) is 28.2 Å². The summed E-state index contributed by atoms with van der Waals surface area (Å²) in [5.41, 5.74) is 6.59. The second-order valence-corrected chi connectivity index (χ2v) is 6.70. The van der Waals surface area contributed by atoms with Crippen LogP contribution < -0.4 is 16.6 Å². The first-order valence-electron chi connectivity index (χ1n) is 8.59. The van der Waals surface area contributed by atoms with E-state index >= 15 is 0 Å². The Labute approximate surface area is 163 Å². The first kappa shape index (κ1) is 18.6. The van der Waals surface area contributed by atoms with Crippen LogP contribution in [0.1, 0.15) is 0 Å². The molecule has 0 saturated heterocycles. The molecule has 0 fully saturated rings. The van der Waals surface area contributed by atoms with Gasteiger partial charge in [0.05, 0.1) is 16.8 Å². The molecule has 0 radical (unpaired) electrons. The molecule has 6 nitrogen and oxygen atoms in total. The van der Waals surface area contributed by atoms with Gasteiger partial charge in [-0.2, -0.15) is 5.10 Å². The average Bonchev–Trinajstić information content (AvgIpc) is 3.04. The number of rotatable bonds is 3. The summed E-state index contributed by atoms with van der Waals surface area (Å²) in [5.74, 6) is -2.36. The number of fused-ring (bicyclic) bond motifs is 1. The van der Waals surface area contributed by atoms with Crippen molar-refractivity contribution >= 4 is 28.0 Å². The molecule has 0 aliphatic rings. The van der Waals surface area contributed by atoms with Crippen molar-refractivity contribution in [3.63, 3.8) is 0 Å². The average molecular weight is 399 g/mol. The molecule has 9 heteroatoms. The van der Waals surface area contributed by atoms with Crippen LogP contribution >= 0.6 is 0 Å². The summed E-state index contributed by atoms with van der Waals surface area (Å²) >= 11 is 0. The van der Waals surface area contributed by atoms with Crippen molar-refractivity contribution in [3.8, 4) is 11.1 Å². The third-order valence-corrected chi connectivity index (χ3v) is 4.55. The first-order valence-corrected chi connectivity index (χ1v) is 8.59. The Morgan fingerprint density at radius 3 is 2.48 bits per heavy atom. The van der Waals surface area contributed by atoms with Crippen LogP contribution in [-0.4, -0.2) is 14.3 Å². The first-order chi connectivity index (χ1) is 13.7. The molecule has 0 aliphatic heterocycles. The Morgan fingerprint density at radius 2 is 1.76 bits per heavy atom. The zero-order valence-electron chi connectivity index (χ0n) is 15.5. The molecule has 2 aromatic heterocycles. The fourth-order valence-corrected chi connectivity index (χ4v) is 3.24. The van der Waals surface area contributed by atoms with E-state index in [0.29, 0.717) is 22.5 Å². The summed E-state index contributed by atoms with van der Waals surface area (Å²) < 4.78 is 45.0. The summed E-state index contributed by atoms with van der Waals surface area (Å²) in [6, 6.07) is 5.51. The number of hydrogen-bond donors (Lipinski definition) is 2. The molecule has 4 rings (SSSR count). The Bertz CT molecular complexity index is 1330. The number of nitrogen functional groups attached to an aromatic ring is 1. The van der Waals surface area contributed by atoms with Crippen LogP contribution in [-0.2, 0) is 14.1 Å². The molecule has 0 saturated carbocycles. The van der Waals surface area contributed by atoms with Crippen molar-refractivity contribution in [2.45, 2.75) is 0 Å². The second-order valence-electron chi connectivity index (χ2n) is 6.70. The summed E-state index contributed by atoms with van der Waals surface area (Å²) in [7, 11) is 3.23. The van der Waals surface area contributed by atoms with Gasteiger partial charge in [0.1, 0.15) is 23.0 Å². The van der Waals surface area contributed by atoms with E-state index in [1.54, 1.807) is 20.3 Å². The number of hydrogen-bond acceptors (Lipinski definition) is 4. The Hall–Kier alpha value is -3.75. The number of benzene rings is 2. The van der Waals surface area contributed by atoms with Gasteiger partial charge >= 0.3 is 0 Å². The highest BCUT2D eigenvalue weighted by Gasteiger charge is 2.19. The van der Waals surface area contributed by atoms with Gasteiger partial charge in [0.2, 0.25) is 0 Å². The Balaban J connectivity index is 1.99. The van der Waals surface area contributed by atoms with Crippen LogP contribution in [0.5, 0.6) is 0 Å². The Morgan fingerprint density at radius 1 is 1.00 bits per heavy atom. The molecule has 2 aromatic carbocycles. The normalized spacial score (nSPS) is 11.2. The van der Waals surface area contributed by atoms with Gasteiger partial charge in [0, 0.05) is 49.4 Å². The summed E-state index contributed by atoms with van der Waals surface area (Å²) in [6.07, 6.45) is 3.08. The van der Waals surface area contributed by atoms with E-state index in [9.17, 15) is 18.0 Å². The van der Waals surface area contributed by atoms with E-state index in [0.717, 1.165) is 12.1 Å². The highest BCUT2D eigenvalue weighted by atomic mass is 19.1. The van der Waals surface area contributed by atoms with Gasteiger partial charge < -0.3 is 15.6 Å². The maximum absolute atomic E-state index is 14.8. The highest BCUT2D eigenvalue weighted by Crippen LogP contribution is 2.37. The second kappa shape index (κ2) is 6.69. The minimum absolute atomic E-state index is 0.0738. The zero-order valence-corrected chi connectivity index (χ0v) is 15.5. The summed E-state index contributed by atoms with van der Waals surface area (Å²) in [4.78, 5) is 12.4. The number of nitrogens with two attached hydrogens (primary N) is 1. The lowest BCUT2D eigenvalue weighted by molar-refractivity contribution is 0.585. The standard InChI is InChI=1S/C20H16F3N5O/c1-27-8-13(18-14(20(27)29)9-28(2)26-18)12-6-11(24)7-16(23)19(12)25-17-4-3-10(21)5-15(17)22/h3-9,25H,24H2,1-2H3. The molecule has 4 aromatic rings. The predicted molar refractivity (Wildman–Crippen MR) is 105 cm³/mol. The SMILES string of the molecule is Cn1cc2c(=O)n(C)cc(-c3cc(N)cc(F)c3Nc3ccc(F)cc3F)c2n1. The molecule has 29 heavy (non-hydrogen) atoms. The smallest absolute Gasteiger partial charge is 0.261 e. The lowest BCUT2D eigenvalue weighted by Gasteiger charge is -2.16. The molecule has 3 N–H and O–H groups in total. The minimum atomic E-state index is -0.879. The van der Waals surface area contributed by atoms with Crippen molar-refractivity contribution in [1.82, 2.24) is 14.3 Å². The van der Waals surface area contributed by atoms with E-state index in [1.165, 1.54) is 27.6 Å². The molecular weight excluding hydrogens is 383 g/mol. The van der Waals surface area contributed by atoms with Crippen molar-refractivity contribution in [2.75, 3.05) is 11.1 Å². The monoisotopic (exact) mass is 399 g/mol. The number of nitrogens with zero attached hydrogens (tertiary/aromatic N) is 3. The lowest BCUT2D eigenvalue weighted by Crippen LogP contribution is -2.16. The largest absolute Gasteiger partial charge is 0.399 e. The molecule has 0 atom stereocenters. The van der Waals surface area contributed by atoms with E-state index in [4.69, 9.17) is 5.73 Å². The fraction of sp³-hybridized carbons (Fsp3) is 0.100. The molecule has 0 amide bonds. The lowest BCUT2D eigenvalue weighted by atomic mass is 10.0. The van der Waals surface area contributed by atoms with E-state index < -0.39 is 17.5 Å². The number of nitrogens with one attached hydrogen (secondary N) is 1. The van der Waals surface area contributed by atoms with Crippen LogP contribution in [0.4, 0.5) is 30.2 Å². The van der Waals surface area contributed by atoms with Crippen LogP contribution in [0.3, 0.4) is 0 Å². The topological polar surface area (TPSA) is 77.9 Å². The van der Waals surface area contributed by atoms with Gasteiger partial charge in [-0.3, -0.25) is 9.48 Å². The van der Waals surface area contributed by atoms with Crippen molar-refractivity contribution in [2.24, 2.45) is 14.1 Å². The zero-order chi connectivity index (χ0) is 20.9. The van der Waals surface area contributed by atoms with Gasteiger partial charge in [0.15, 0.2) is 0 Å². The fourth-order valence-electron chi connectivity index (χ4n) is 3.24. The van der Waals surface area contributed by atoms with Crippen LogP contribution in [0, 0.1) is 17.5 Å². The van der Waals surface area contributed by atoms with Crippen LogP contribution in [0.2, 0.25) is 0 Å². The number of aromatic nitrogens is 3. The molecule has 0 unspecified atom stereocenters. The van der Waals surface area contributed by atoms with Gasteiger partial charge in [0.25, 0.3) is 5.56 Å². The minimum Gasteiger partial charge on any atom is -0.399 e. The van der Waals surface area contributed by atoms with Gasteiger partial charge in [-0.1, -0.05) is 0 Å². The summed E-state index contributed by atoms with van der Waals surface area (Å²) in [6.45, 7) is 0. The van der Waals surface area contributed by atoms with Gasteiger partial charge in [-0.15, -0.1) is 0 Å². The molecule has 0 bridgehead atoms. The molecular formula is C20H16F3N5O. The van der Waals surface area contributed by atoms with E-state index in [1.807, 2.05) is 0 Å². The van der Waals surface area contributed by atoms with Gasteiger partial charge in [-0.25, -0.2) is 13.2 Å². The predicted octanol–water partition coefficient (Wildman–Crippen LogP) is 3.68. The van der Waals surface area contributed by atoms with Crippen molar-refractivity contribution < 1.29 is 13.2 Å². The maximum Gasteiger partial charge on any atom is 0.261 e. The maximum atomic E-state index is 14.8. The third kappa shape index (κ3) is 3.20. The molecule has 148 valence electrons. The summed E-state index contributed by atoms with van der Waals surface area (Å²) in [5, 5.41) is 7.33. The Kier molecular flexibility index (Phi) is 4.30.